The molecule has 18 heavy (non-hydrogen) atoms. The summed E-state index contributed by atoms with van der Waals surface area (Å²) < 4.78 is 0. The van der Waals surface area contributed by atoms with Crippen LogP contribution in [0.3, 0.4) is 0 Å². The number of hydrogen-bond donors (Lipinski definition) is 2. The van der Waals surface area contributed by atoms with E-state index in [1.165, 1.54) is 31.7 Å². The van der Waals surface area contributed by atoms with Crippen molar-refractivity contribution in [3.05, 3.63) is 28.8 Å². The fourth-order valence-corrected chi connectivity index (χ4v) is 3.62. The number of carboxylic acids is 1. The molecule has 2 aliphatic rings. The largest absolute Gasteiger partial charge is 0.478 e. The normalized spacial score (nSPS) is 29.5. The second-order valence-corrected chi connectivity index (χ2v) is 5.83. The van der Waals surface area contributed by atoms with Crippen molar-refractivity contribution in [2.45, 2.75) is 31.7 Å². The molecule has 2 saturated carbocycles. The van der Waals surface area contributed by atoms with Gasteiger partial charge in [-0.25, -0.2) is 4.79 Å². The lowest BCUT2D eigenvalue weighted by atomic mass is 9.95. The Labute approximate surface area is 111 Å². The minimum atomic E-state index is -0.941. The summed E-state index contributed by atoms with van der Waals surface area (Å²) in [6.07, 6.45) is 5.24. The molecule has 3 unspecified atom stereocenters. The molecule has 3 nitrogen and oxygen atoms in total. The van der Waals surface area contributed by atoms with Crippen LogP contribution in [0, 0.1) is 11.8 Å². The van der Waals surface area contributed by atoms with Crippen molar-refractivity contribution in [2.24, 2.45) is 11.8 Å². The van der Waals surface area contributed by atoms with Gasteiger partial charge in [0.25, 0.3) is 0 Å². The second kappa shape index (κ2) is 4.47. The van der Waals surface area contributed by atoms with Crippen molar-refractivity contribution in [1.82, 2.24) is 0 Å². The van der Waals surface area contributed by atoms with Crippen molar-refractivity contribution in [3.8, 4) is 0 Å². The van der Waals surface area contributed by atoms with Gasteiger partial charge in [0.1, 0.15) is 0 Å². The van der Waals surface area contributed by atoms with Gasteiger partial charge in [-0.05, 0) is 49.3 Å². The Balaban J connectivity index is 1.75. The molecule has 0 spiro atoms. The maximum absolute atomic E-state index is 10.8. The van der Waals surface area contributed by atoms with E-state index in [-0.39, 0.29) is 5.56 Å². The van der Waals surface area contributed by atoms with E-state index >= 15 is 0 Å². The summed E-state index contributed by atoms with van der Waals surface area (Å²) in [5, 5.41) is 12.9. The van der Waals surface area contributed by atoms with Gasteiger partial charge in [-0.2, -0.15) is 0 Å². The van der Waals surface area contributed by atoms with Crippen molar-refractivity contribution in [3.63, 3.8) is 0 Å². The molecule has 3 atom stereocenters. The number of aromatic carboxylic acids is 1. The van der Waals surface area contributed by atoms with Crippen LogP contribution < -0.4 is 5.32 Å². The lowest BCUT2D eigenvalue weighted by molar-refractivity contribution is 0.0697. The molecule has 3 rings (SSSR count). The minimum Gasteiger partial charge on any atom is -0.478 e. The van der Waals surface area contributed by atoms with Gasteiger partial charge < -0.3 is 10.4 Å². The van der Waals surface area contributed by atoms with Crippen LogP contribution in [-0.2, 0) is 0 Å². The number of halogens is 1. The van der Waals surface area contributed by atoms with Gasteiger partial charge in [-0.3, -0.25) is 0 Å². The highest BCUT2D eigenvalue weighted by molar-refractivity contribution is 6.33. The van der Waals surface area contributed by atoms with E-state index in [0.717, 1.165) is 17.5 Å². The van der Waals surface area contributed by atoms with Crippen molar-refractivity contribution in [2.75, 3.05) is 5.32 Å². The van der Waals surface area contributed by atoms with Crippen LogP contribution in [0.2, 0.25) is 5.02 Å². The molecule has 0 radical (unpaired) electrons. The number of anilines is 1. The fraction of sp³-hybridized carbons (Fsp3) is 0.500. The molecule has 0 heterocycles. The monoisotopic (exact) mass is 265 g/mol. The molecule has 2 fully saturated rings. The standard InChI is InChI=1S/C14H16ClNO2/c15-11-7-10(14(17)18)3-4-12(11)16-13-6-8-1-2-9(13)5-8/h3-4,7-9,13,16H,1-2,5-6H2,(H,17,18). The van der Waals surface area contributed by atoms with Crippen LogP contribution >= 0.6 is 11.6 Å². The molecule has 0 amide bonds. The van der Waals surface area contributed by atoms with E-state index in [0.29, 0.717) is 11.1 Å². The van der Waals surface area contributed by atoms with Gasteiger partial charge in [0, 0.05) is 6.04 Å². The van der Waals surface area contributed by atoms with Crippen LogP contribution in [0.15, 0.2) is 18.2 Å². The summed E-state index contributed by atoms with van der Waals surface area (Å²) in [7, 11) is 0. The van der Waals surface area contributed by atoms with E-state index in [1.807, 2.05) is 0 Å². The predicted molar refractivity (Wildman–Crippen MR) is 71.3 cm³/mol. The van der Waals surface area contributed by atoms with Crippen molar-refractivity contribution in [1.29, 1.82) is 0 Å². The number of fused-ring (bicyclic) bond motifs is 2. The Morgan fingerprint density at radius 1 is 1.33 bits per heavy atom. The summed E-state index contributed by atoms with van der Waals surface area (Å²) in [6.45, 7) is 0. The highest BCUT2D eigenvalue weighted by Gasteiger charge is 2.39. The third-order valence-electron chi connectivity index (χ3n) is 4.30. The highest BCUT2D eigenvalue weighted by atomic mass is 35.5. The SMILES string of the molecule is O=C(O)c1ccc(NC2CC3CCC2C3)c(Cl)c1. The molecule has 1 aromatic carbocycles. The number of rotatable bonds is 3. The fourth-order valence-electron chi connectivity index (χ4n) is 3.39. The molecule has 0 aromatic heterocycles. The predicted octanol–water partition coefficient (Wildman–Crippen LogP) is 3.64. The molecule has 96 valence electrons. The maximum atomic E-state index is 10.8. The number of carboxylic acid groups (broad SMARTS) is 1. The van der Waals surface area contributed by atoms with Gasteiger partial charge in [0.05, 0.1) is 16.3 Å². The smallest absolute Gasteiger partial charge is 0.335 e. The molecule has 0 aliphatic heterocycles. The molecule has 2 bridgehead atoms. The molecular weight excluding hydrogens is 250 g/mol. The Morgan fingerprint density at radius 3 is 2.72 bits per heavy atom. The third kappa shape index (κ3) is 2.07. The summed E-state index contributed by atoms with van der Waals surface area (Å²) in [4.78, 5) is 10.8. The molecule has 0 saturated heterocycles. The van der Waals surface area contributed by atoms with Gasteiger partial charge in [0.15, 0.2) is 0 Å². The lowest BCUT2D eigenvalue weighted by Crippen LogP contribution is -2.25. The van der Waals surface area contributed by atoms with Crippen LogP contribution in [0.1, 0.15) is 36.0 Å². The average Bonchev–Trinajstić information content (AvgIpc) is 2.93. The van der Waals surface area contributed by atoms with Crippen molar-refractivity contribution < 1.29 is 9.90 Å². The average molecular weight is 266 g/mol. The summed E-state index contributed by atoms with van der Waals surface area (Å²) in [5.41, 5.74) is 1.10. The van der Waals surface area contributed by atoms with E-state index in [9.17, 15) is 4.79 Å². The zero-order valence-electron chi connectivity index (χ0n) is 10.0. The quantitative estimate of drug-likeness (QED) is 0.877. The first-order valence-corrected chi connectivity index (χ1v) is 6.80. The summed E-state index contributed by atoms with van der Waals surface area (Å²) >= 11 is 6.13. The summed E-state index contributed by atoms with van der Waals surface area (Å²) in [5.74, 6) is 0.707. The van der Waals surface area contributed by atoms with Gasteiger partial charge >= 0.3 is 5.97 Å². The second-order valence-electron chi connectivity index (χ2n) is 5.43. The Morgan fingerprint density at radius 2 is 2.17 bits per heavy atom. The lowest BCUT2D eigenvalue weighted by Gasteiger charge is -2.24. The molecular formula is C14H16ClNO2. The van der Waals surface area contributed by atoms with Crippen LogP contribution in [0.5, 0.6) is 0 Å². The number of benzene rings is 1. The Hall–Kier alpha value is -1.22. The topological polar surface area (TPSA) is 49.3 Å². The van der Waals surface area contributed by atoms with Crippen LogP contribution in [-0.4, -0.2) is 17.1 Å². The number of hydrogen-bond acceptors (Lipinski definition) is 2. The van der Waals surface area contributed by atoms with Gasteiger partial charge in [-0.1, -0.05) is 18.0 Å². The summed E-state index contributed by atoms with van der Waals surface area (Å²) in [6, 6.07) is 5.40. The first-order chi connectivity index (χ1) is 8.63. The molecule has 2 aliphatic carbocycles. The zero-order chi connectivity index (χ0) is 12.7. The van der Waals surface area contributed by atoms with Crippen LogP contribution in [0.25, 0.3) is 0 Å². The first kappa shape index (κ1) is 11.8. The molecule has 4 heteroatoms. The van der Waals surface area contributed by atoms with E-state index in [1.54, 1.807) is 12.1 Å². The number of carbonyl (C=O) groups is 1. The van der Waals surface area contributed by atoms with E-state index < -0.39 is 5.97 Å². The molecule has 1 aromatic rings. The minimum absolute atomic E-state index is 0.235. The zero-order valence-corrected chi connectivity index (χ0v) is 10.8. The number of nitrogens with one attached hydrogen (secondary N) is 1. The van der Waals surface area contributed by atoms with E-state index in [2.05, 4.69) is 5.32 Å². The molecule has 2 N–H and O–H groups in total. The van der Waals surface area contributed by atoms with Gasteiger partial charge in [0.2, 0.25) is 0 Å². The van der Waals surface area contributed by atoms with Crippen LogP contribution in [0.4, 0.5) is 5.69 Å². The van der Waals surface area contributed by atoms with Gasteiger partial charge in [-0.15, -0.1) is 0 Å². The first-order valence-electron chi connectivity index (χ1n) is 6.43. The maximum Gasteiger partial charge on any atom is 0.335 e. The third-order valence-corrected chi connectivity index (χ3v) is 4.61. The highest BCUT2D eigenvalue weighted by Crippen LogP contribution is 2.45. The van der Waals surface area contributed by atoms with Crippen molar-refractivity contribution >= 4 is 23.3 Å². The Bertz CT molecular complexity index is 489. The van der Waals surface area contributed by atoms with E-state index in [4.69, 9.17) is 16.7 Å². The Kier molecular flexibility index (Phi) is 2.94.